The average Bonchev–Trinajstić information content (AvgIpc) is 3.09. The Morgan fingerprint density at radius 2 is 1.82 bits per heavy atom. The summed E-state index contributed by atoms with van der Waals surface area (Å²) in [4.78, 5) is 0. The fourth-order valence-corrected chi connectivity index (χ4v) is 4.08. The van der Waals surface area contributed by atoms with Gasteiger partial charge in [0.15, 0.2) is 0 Å². The van der Waals surface area contributed by atoms with Crippen molar-refractivity contribution in [1.29, 1.82) is 0 Å². The van der Waals surface area contributed by atoms with Gasteiger partial charge < -0.3 is 5.73 Å². The lowest BCUT2D eigenvalue weighted by Crippen LogP contribution is -2.42. The largest absolute Gasteiger partial charge is 0.325 e. The predicted molar refractivity (Wildman–Crippen MR) is 69.2 cm³/mol. The molecule has 0 unspecified atom stereocenters. The minimum absolute atomic E-state index is 0.0245. The molecule has 0 bridgehead atoms. The monoisotopic (exact) mass is 260 g/mol. The smallest absolute Gasteiger partial charge is 0.214 e. The Hall–Kier alpha value is -0.130. The number of nitrogens with two attached hydrogens (primary N) is 1. The van der Waals surface area contributed by atoms with Gasteiger partial charge in [0.25, 0.3) is 0 Å². The quantitative estimate of drug-likeness (QED) is 0.711. The van der Waals surface area contributed by atoms with Crippen LogP contribution in [0.1, 0.15) is 57.8 Å². The van der Waals surface area contributed by atoms with Crippen molar-refractivity contribution in [2.45, 2.75) is 68.6 Å². The lowest BCUT2D eigenvalue weighted by atomic mass is 9.79. The standard InChI is InChI=1S/C12H24N2O2S/c13-12(7-2-1-3-8-12)9-4-10-14-17(15,16)11-5-6-11/h11,14H,1-10,13H2. The first-order valence-corrected chi connectivity index (χ1v) is 8.34. The molecule has 17 heavy (non-hydrogen) atoms. The zero-order valence-electron chi connectivity index (χ0n) is 10.5. The molecular weight excluding hydrogens is 236 g/mol. The summed E-state index contributed by atoms with van der Waals surface area (Å²) in [5.74, 6) is 0. The SMILES string of the molecule is NC1(CCCNS(=O)(=O)C2CC2)CCCCC1. The Labute approximate surface area is 104 Å². The summed E-state index contributed by atoms with van der Waals surface area (Å²) in [6.07, 6.45) is 9.42. The molecule has 4 nitrogen and oxygen atoms in total. The molecule has 2 saturated carbocycles. The fraction of sp³-hybridized carbons (Fsp3) is 1.00. The van der Waals surface area contributed by atoms with Crippen LogP contribution >= 0.6 is 0 Å². The Morgan fingerprint density at radius 1 is 1.18 bits per heavy atom. The van der Waals surface area contributed by atoms with Gasteiger partial charge in [0.2, 0.25) is 10.0 Å². The topological polar surface area (TPSA) is 72.2 Å². The normalized spacial score (nSPS) is 24.8. The van der Waals surface area contributed by atoms with Crippen LogP contribution in [-0.4, -0.2) is 25.8 Å². The van der Waals surface area contributed by atoms with Crippen LogP contribution in [0.25, 0.3) is 0 Å². The van der Waals surface area contributed by atoms with Crippen LogP contribution in [0.2, 0.25) is 0 Å². The number of hydrogen-bond acceptors (Lipinski definition) is 3. The lowest BCUT2D eigenvalue weighted by Gasteiger charge is -2.33. The van der Waals surface area contributed by atoms with E-state index in [4.69, 9.17) is 5.73 Å². The molecule has 0 amide bonds. The zero-order valence-corrected chi connectivity index (χ0v) is 11.3. The van der Waals surface area contributed by atoms with E-state index in [0.29, 0.717) is 6.54 Å². The van der Waals surface area contributed by atoms with Crippen molar-refractivity contribution < 1.29 is 8.42 Å². The lowest BCUT2D eigenvalue weighted by molar-refractivity contribution is 0.273. The van der Waals surface area contributed by atoms with E-state index in [-0.39, 0.29) is 10.8 Å². The van der Waals surface area contributed by atoms with Crippen molar-refractivity contribution in [2.24, 2.45) is 5.73 Å². The maximum absolute atomic E-state index is 11.6. The van der Waals surface area contributed by atoms with Crippen molar-refractivity contribution in [3.05, 3.63) is 0 Å². The summed E-state index contributed by atoms with van der Waals surface area (Å²) in [6.45, 7) is 0.553. The van der Waals surface area contributed by atoms with E-state index in [9.17, 15) is 8.42 Å². The molecule has 0 radical (unpaired) electrons. The Balaban J connectivity index is 1.65. The van der Waals surface area contributed by atoms with Gasteiger partial charge in [-0.15, -0.1) is 0 Å². The first-order chi connectivity index (χ1) is 8.02. The van der Waals surface area contributed by atoms with Gasteiger partial charge in [0.1, 0.15) is 0 Å². The molecule has 3 N–H and O–H groups in total. The number of hydrogen-bond donors (Lipinski definition) is 2. The van der Waals surface area contributed by atoms with E-state index < -0.39 is 10.0 Å². The minimum Gasteiger partial charge on any atom is -0.325 e. The van der Waals surface area contributed by atoms with Crippen LogP contribution in [0.3, 0.4) is 0 Å². The Kier molecular flexibility index (Phi) is 4.10. The van der Waals surface area contributed by atoms with E-state index in [1.807, 2.05) is 0 Å². The highest BCUT2D eigenvalue weighted by Gasteiger charge is 2.35. The molecule has 5 heteroatoms. The van der Waals surface area contributed by atoms with Gasteiger partial charge in [-0.3, -0.25) is 0 Å². The molecule has 2 rings (SSSR count). The highest BCUT2D eigenvalue weighted by atomic mass is 32.2. The summed E-state index contributed by atoms with van der Waals surface area (Å²) < 4.78 is 25.9. The molecule has 0 aromatic carbocycles. The molecular formula is C12H24N2O2S. The first-order valence-electron chi connectivity index (χ1n) is 6.79. The third kappa shape index (κ3) is 3.93. The van der Waals surface area contributed by atoms with Gasteiger partial charge in [-0.25, -0.2) is 13.1 Å². The molecule has 0 atom stereocenters. The van der Waals surface area contributed by atoms with Crippen LogP contribution in [0.5, 0.6) is 0 Å². The van der Waals surface area contributed by atoms with E-state index >= 15 is 0 Å². The second-order valence-electron chi connectivity index (χ2n) is 5.67. The summed E-state index contributed by atoms with van der Waals surface area (Å²) in [5, 5.41) is -0.107. The van der Waals surface area contributed by atoms with Crippen LogP contribution < -0.4 is 10.5 Å². The maximum atomic E-state index is 11.6. The molecule has 0 spiro atoms. The minimum atomic E-state index is -3.00. The molecule has 100 valence electrons. The summed E-state index contributed by atoms with van der Waals surface area (Å²) in [6, 6.07) is 0. The van der Waals surface area contributed by atoms with E-state index in [2.05, 4.69) is 4.72 Å². The van der Waals surface area contributed by atoms with Gasteiger partial charge in [-0.2, -0.15) is 0 Å². The summed E-state index contributed by atoms with van der Waals surface area (Å²) >= 11 is 0. The van der Waals surface area contributed by atoms with Gasteiger partial charge in [-0.1, -0.05) is 19.3 Å². The van der Waals surface area contributed by atoms with Crippen LogP contribution in [0.15, 0.2) is 0 Å². The molecule has 2 aliphatic rings. The number of rotatable bonds is 6. The van der Waals surface area contributed by atoms with Crippen LogP contribution in [0.4, 0.5) is 0 Å². The van der Waals surface area contributed by atoms with E-state index in [1.165, 1.54) is 19.3 Å². The fourth-order valence-electron chi connectivity index (χ4n) is 2.66. The second-order valence-corrected chi connectivity index (χ2v) is 7.71. The third-order valence-corrected chi connectivity index (χ3v) is 5.92. The van der Waals surface area contributed by atoms with E-state index in [0.717, 1.165) is 38.5 Å². The highest BCUT2D eigenvalue weighted by Crippen LogP contribution is 2.30. The van der Waals surface area contributed by atoms with Crippen molar-refractivity contribution in [3.8, 4) is 0 Å². The number of nitrogens with one attached hydrogen (secondary N) is 1. The molecule has 0 heterocycles. The molecule has 0 aliphatic heterocycles. The Bertz CT molecular complexity index is 344. The summed E-state index contributed by atoms with van der Waals surface area (Å²) in [7, 11) is -3.00. The van der Waals surface area contributed by atoms with Gasteiger partial charge >= 0.3 is 0 Å². The van der Waals surface area contributed by atoms with Crippen molar-refractivity contribution in [1.82, 2.24) is 4.72 Å². The number of sulfonamides is 1. The second kappa shape index (κ2) is 5.24. The van der Waals surface area contributed by atoms with Crippen LogP contribution in [0, 0.1) is 0 Å². The predicted octanol–water partition coefficient (Wildman–Crippen LogP) is 1.51. The van der Waals surface area contributed by atoms with Gasteiger partial charge in [0, 0.05) is 12.1 Å². The van der Waals surface area contributed by atoms with Gasteiger partial charge in [0.05, 0.1) is 5.25 Å². The summed E-state index contributed by atoms with van der Waals surface area (Å²) in [5.41, 5.74) is 6.28. The first kappa shape index (κ1) is 13.3. The maximum Gasteiger partial charge on any atom is 0.214 e. The van der Waals surface area contributed by atoms with Crippen molar-refractivity contribution in [3.63, 3.8) is 0 Å². The molecule has 0 saturated heterocycles. The van der Waals surface area contributed by atoms with Crippen LogP contribution in [-0.2, 0) is 10.0 Å². The molecule has 0 aromatic rings. The van der Waals surface area contributed by atoms with E-state index in [1.54, 1.807) is 0 Å². The Morgan fingerprint density at radius 3 is 2.41 bits per heavy atom. The third-order valence-electron chi connectivity index (χ3n) is 3.97. The zero-order chi connectivity index (χ0) is 12.4. The highest BCUT2D eigenvalue weighted by molar-refractivity contribution is 7.90. The van der Waals surface area contributed by atoms with Crippen molar-refractivity contribution in [2.75, 3.05) is 6.54 Å². The molecule has 0 aromatic heterocycles. The average molecular weight is 260 g/mol. The van der Waals surface area contributed by atoms with Gasteiger partial charge in [-0.05, 0) is 38.5 Å². The molecule has 2 aliphatic carbocycles. The van der Waals surface area contributed by atoms with Crippen molar-refractivity contribution >= 4 is 10.0 Å². The molecule has 2 fully saturated rings.